The van der Waals surface area contributed by atoms with Gasteiger partial charge in [-0.1, -0.05) is 0 Å². The average Bonchev–Trinajstić information content (AvgIpc) is 3.03. The van der Waals surface area contributed by atoms with Gasteiger partial charge in [-0.05, 0) is 26.0 Å². The summed E-state index contributed by atoms with van der Waals surface area (Å²) in [6.07, 6.45) is 2.60. The number of rotatable bonds is 3. The maximum absolute atomic E-state index is 12.5. The highest BCUT2D eigenvalue weighted by atomic mass is 16.5. The van der Waals surface area contributed by atoms with Crippen LogP contribution in [0.5, 0.6) is 0 Å². The van der Waals surface area contributed by atoms with Gasteiger partial charge < -0.3 is 15.0 Å². The van der Waals surface area contributed by atoms with Crippen molar-refractivity contribution in [1.29, 1.82) is 0 Å². The standard InChI is InChI=1S/C15H20N4O2/c1-9-7-12-13(10(2)21-9)18-19(3)14(12)15(20)17-8-11-5-4-6-16-11/h4-6,9-10,16H,7-8H2,1-3H3,(H,17,20)/t9-,10+/m1/s1. The summed E-state index contributed by atoms with van der Waals surface area (Å²) < 4.78 is 7.43. The first-order chi connectivity index (χ1) is 10.1. The maximum Gasteiger partial charge on any atom is 0.270 e. The lowest BCUT2D eigenvalue weighted by atomic mass is 9.99. The molecule has 1 aliphatic heterocycles. The summed E-state index contributed by atoms with van der Waals surface area (Å²) in [7, 11) is 1.80. The molecule has 2 aromatic rings. The van der Waals surface area contributed by atoms with Gasteiger partial charge in [-0.3, -0.25) is 9.48 Å². The van der Waals surface area contributed by atoms with E-state index in [1.165, 1.54) is 0 Å². The number of ether oxygens (including phenoxy) is 1. The van der Waals surface area contributed by atoms with Crippen LogP contribution in [0.15, 0.2) is 18.3 Å². The van der Waals surface area contributed by atoms with Crippen LogP contribution in [-0.2, 0) is 24.8 Å². The quantitative estimate of drug-likeness (QED) is 0.903. The molecule has 0 fully saturated rings. The van der Waals surface area contributed by atoms with Crippen LogP contribution in [0.3, 0.4) is 0 Å². The molecule has 21 heavy (non-hydrogen) atoms. The van der Waals surface area contributed by atoms with Gasteiger partial charge in [0.1, 0.15) is 5.69 Å². The second-order valence-corrected chi connectivity index (χ2v) is 5.51. The third-order valence-corrected chi connectivity index (χ3v) is 3.81. The van der Waals surface area contributed by atoms with Crippen LogP contribution in [0.25, 0.3) is 0 Å². The zero-order valence-corrected chi connectivity index (χ0v) is 12.5. The Morgan fingerprint density at radius 1 is 1.57 bits per heavy atom. The number of hydrogen-bond acceptors (Lipinski definition) is 3. The van der Waals surface area contributed by atoms with Gasteiger partial charge in [0.25, 0.3) is 5.91 Å². The van der Waals surface area contributed by atoms with Crippen molar-refractivity contribution in [1.82, 2.24) is 20.1 Å². The third kappa shape index (κ3) is 2.58. The second kappa shape index (κ2) is 5.37. The number of aryl methyl sites for hydroxylation is 1. The molecule has 0 saturated carbocycles. The molecule has 6 nitrogen and oxygen atoms in total. The van der Waals surface area contributed by atoms with Crippen molar-refractivity contribution in [2.75, 3.05) is 0 Å². The molecule has 1 aliphatic rings. The number of aromatic nitrogens is 3. The van der Waals surface area contributed by atoms with Crippen LogP contribution < -0.4 is 5.32 Å². The molecule has 2 atom stereocenters. The number of hydrogen-bond donors (Lipinski definition) is 2. The van der Waals surface area contributed by atoms with Crippen molar-refractivity contribution in [3.05, 3.63) is 41.0 Å². The Labute approximate surface area is 123 Å². The molecule has 2 aromatic heterocycles. The van der Waals surface area contributed by atoms with Gasteiger partial charge in [-0.25, -0.2) is 0 Å². The molecule has 0 saturated heterocycles. The summed E-state index contributed by atoms with van der Waals surface area (Å²) in [5, 5.41) is 7.39. The summed E-state index contributed by atoms with van der Waals surface area (Å²) in [5.74, 6) is -0.0952. The zero-order chi connectivity index (χ0) is 15.0. The minimum Gasteiger partial charge on any atom is -0.369 e. The fourth-order valence-electron chi connectivity index (χ4n) is 2.89. The largest absolute Gasteiger partial charge is 0.369 e. The number of nitrogens with zero attached hydrogens (tertiary/aromatic N) is 2. The van der Waals surface area contributed by atoms with Crippen LogP contribution in [0.2, 0.25) is 0 Å². The molecular formula is C15H20N4O2. The lowest BCUT2D eigenvalue weighted by Gasteiger charge is -2.24. The molecule has 2 N–H and O–H groups in total. The smallest absolute Gasteiger partial charge is 0.270 e. The number of nitrogens with one attached hydrogen (secondary N) is 2. The summed E-state index contributed by atoms with van der Waals surface area (Å²) >= 11 is 0. The van der Waals surface area contributed by atoms with E-state index in [2.05, 4.69) is 15.4 Å². The Morgan fingerprint density at radius 2 is 2.38 bits per heavy atom. The van der Waals surface area contributed by atoms with Crippen molar-refractivity contribution in [2.24, 2.45) is 7.05 Å². The normalized spacial score (nSPS) is 21.1. The highest BCUT2D eigenvalue weighted by molar-refractivity contribution is 5.94. The van der Waals surface area contributed by atoms with Gasteiger partial charge in [0.2, 0.25) is 0 Å². The van der Waals surface area contributed by atoms with Gasteiger partial charge >= 0.3 is 0 Å². The van der Waals surface area contributed by atoms with Crippen molar-refractivity contribution in [3.63, 3.8) is 0 Å². The highest BCUT2D eigenvalue weighted by Gasteiger charge is 2.31. The van der Waals surface area contributed by atoms with Crippen molar-refractivity contribution >= 4 is 5.91 Å². The molecule has 0 bridgehead atoms. The monoisotopic (exact) mass is 288 g/mol. The fraction of sp³-hybridized carbons (Fsp3) is 0.467. The van der Waals surface area contributed by atoms with Crippen molar-refractivity contribution in [2.45, 2.75) is 39.0 Å². The van der Waals surface area contributed by atoms with E-state index >= 15 is 0 Å². The molecule has 6 heteroatoms. The number of fused-ring (bicyclic) bond motifs is 1. The van der Waals surface area contributed by atoms with E-state index in [9.17, 15) is 4.79 Å². The number of carbonyl (C=O) groups excluding carboxylic acids is 1. The number of aromatic amines is 1. The third-order valence-electron chi connectivity index (χ3n) is 3.81. The van der Waals surface area contributed by atoms with E-state index in [0.29, 0.717) is 12.2 Å². The first kappa shape index (κ1) is 13.9. The number of H-pyrrole nitrogens is 1. The Hall–Kier alpha value is -2.08. The summed E-state index contributed by atoms with van der Waals surface area (Å²) in [6.45, 7) is 4.47. The highest BCUT2D eigenvalue weighted by Crippen LogP contribution is 2.31. The van der Waals surface area contributed by atoms with Gasteiger partial charge in [-0.15, -0.1) is 0 Å². The zero-order valence-electron chi connectivity index (χ0n) is 12.5. The van der Waals surface area contributed by atoms with Crippen molar-refractivity contribution in [3.8, 4) is 0 Å². The lowest BCUT2D eigenvalue weighted by Crippen LogP contribution is -2.28. The van der Waals surface area contributed by atoms with E-state index in [4.69, 9.17) is 4.74 Å². The first-order valence-corrected chi connectivity index (χ1v) is 7.18. The number of amides is 1. The Kier molecular flexibility index (Phi) is 3.55. The minimum absolute atomic E-state index is 0.0695. The number of carbonyl (C=O) groups is 1. The average molecular weight is 288 g/mol. The minimum atomic E-state index is -0.0952. The molecule has 0 aromatic carbocycles. The van der Waals surface area contributed by atoms with E-state index in [0.717, 1.165) is 23.4 Å². The predicted molar refractivity (Wildman–Crippen MR) is 77.8 cm³/mol. The van der Waals surface area contributed by atoms with Gasteiger partial charge in [-0.2, -0.15) is 5.10 Å². The molecule has 1 amide bonds. The summed E-state index contributed by atoms with van der Waals surface area (Å²) in [4.78, 5) is 15.6. The van der Waals surface area contributed by atoms with E-state index in [1.54, 1.807) is 11.7 Å². The first-order valence-electron chi connectivity index (χ1n) is 7.18. The molecule has 3 heterocycles. The molecule has 0 aliphatic carbocycles. The molecule has 0 spiro atoms. The van der Waals surface area contributed by atoms with Gasteiger partial charge in [0.15, 0.2) is 0 Å². The molecular weight excluding hydrogens is 268 g/mol. The summed E-state index contributed by atoms with van der Waals surface area (Å²) in [5.41, 5.74) is 3.50. The van der Waals surface area contributed by atoms with Crippen LogP contribution in [0.1, 0.15) is 47.4 Å². The fourth-order valence-corrected chi connectivity index (χ4v) is 2.89. The Bertz CT molecular complexity index is 645. The predicted octanol–water partition coefficient (Wildman–Crippen LogP) is 1.70. The maximum atomic E-state index is 12.5. The molecule has 0 radical (unpaired) electrons. The van der Waals surface area contributed by atoms with Gasteiger partial charge in [0.05, 0.1) is 24.4 Å². The van der Waals surface area contributed by atoms with E-state index in [1.807, 2.05) is 32.2 Å². The molecule has 112 valence electrons. The lowest BCUT2D eigenvalue weighted by molar-refractivity contribution is -0.00710. The Morgan fingerprint density at radius 3 is 3.10 bits per heavy atom. The van der Waals surface area contributed by atoms with Crippen molar-refractivity contribution < 1.29 is 9.53 Å². The van der Waals surface area contributed by atoms with Crippen LogP contribution in [0.4, 0.5) is 0 Å². The van der Waals surface area contributed by atoms with E-state index < -0.39 is 0 Å². The van der Waals surface area contributed by atoms with Crippen LogP contribution >= 0.6 is 0 Å². The topological polar surface area (TPSA) is 71.9 Å². The molecule has 3 rings (SSSR count). The second-order valence-electron chi connectivity index (χ2n) is 5.51. The van der Waals surface area contributed by atoms with Crippen LogP contribution in [0, 0.1) is 0 Å². The summed E-state index contributed by atoms with van der Waals surface area (Å²) in [6, 6.07) is 3.85. The van der Waals surface area contributed by atoms with Gasteiger partial charge in [0, 0.05) is 30.9 Å². The SMILES string of the molecule is C[C@@H]1Cc2c(nn(C)c2C(=O)NCc2ccc[nH]2)[C@H](C)O1. The van der Waals surface area contributed by atoms with E-state index in [-0.39, 0.29) is 18.1 Å². The molecule has 0 unspecified atom stereocenters. The van der Waals surface area contributed by atoms with Crippen LogP contribution in [-0.4, -0.2) is 26.8 Å². The Balaban J connectivity index is 1.83.